The van der Waals surface area contributed by atoms with E-state index in [-0.39, 0.29) is 11.4 Å². The molecule has 6 nitrogen and oxygen atoms in total. The zero-order chi connectivity index (χ0) is 16.5. The number of nitrogens with zero attached hydrogens (tertiary/aromatic N) is 1. The Morgan fingerprint density at radius 2 is 1.73 bits per heavy atom. The number of carbonyl (C=O) groups excluding carboxylic acids is 1. The van der Waals surface area contributed by atoms with Crippen molar-refractivity contribution in [2.75, 3.05) is 7.11 Å². The third-order valence-corrected chi connectivity index (χ3v) is 3.61. The summed E-state index contributed by atoms with van der Waals surface area (Å²) in [6, 6.07) is 5.10. The highest BCUT2D eigenvalue weighted by Gasteiger charge is 2.13. The zero-order valence-corrected chi connectivity index (χ0v) is 13.3. The molecule has 0 spiro atoms. The summed E-state index contributed by atoms with van der Waals surface area (Å²) in [7, 11) is 1.17. The fourth-order valence-electron chi connectivity index (χ4n) is 2.51. The van der Waals surface area contributed by atoms with Crippen LogP contribution in [0.2, 0.25) is 0 Å². The monoisotopic (exact) mass is 309 g/mol. The molecule has 2 atom stereocenters. The number of benzene rings is 1. The minimum atomic E-state index is -0.862. The van der Waals surface area contributed by atoms with Crippen LogP contribution in [0.25, 0.3) is 0 Å². The smallest absolute Gasteiger partial charge is 0.437 e. The summed E-state index contributed by atoms with van der Waals surface area (Å²) < 4.78 is 8.85. The molecule has 1 aromatic carbocycles. The maximum atomic E-state index is 10.6. The quantitative estimate of drug-likeness (QED) is 0.346. The van der Waals surface area contributed by atoms with Crippen LogP contribution in [-0.2, 0) is 4.74 Å². The van der Waals surface area contributed by atoms with Gasteiger partial charge in [-0.05, 0) is 30.4 Å². The second-order valence-corrected chi connectivity index (χ2v) is 5.68. The number of hydrogen-bond donors (Lipinski definition) is 0. The van der Waals surface area contributed by atoms with Gasteiger partial charge in [0.05, 0.1) is 12.0 Å². The zero-order valence-electron chi connectivity index (χ0n) is 13.3. The van der Waals surface area contributed by atoms with Crippen LogP contribution in [0.1, 0.15) is 39.5 Å². The molecule has 1 aliphatic rings. The number of methoxy groups -OCH3 is 1. The van der Waals surface area contributed by atoms with Crippen LogP contribution in [0.15, 0.2) is 24.3 Å². The lowest BCUT2D eigenvalue weighted by Crippen LogP contribution is -2.09. The molecule has 1 fully saturated rings. The van der Waals surface area contributed by atoms with Crippen LogP contribution in [-0.4, -0.2) is 18.2 Å². The maximum Gasteiger partial charge on any atom is 0.513 e. The molecule has 2 rings (SSSR count). The molecule has 0 aromatic heterocycles. The van der Waals surface area contributed by atoms with Gasteiger partial charge in [-0.2, -0.15) is 0 Å². The lowest BCUT2D eigenvalue weighted by Gasteiger charge is -2.22. The van der Waals surface area contributed by atoms with Crippen LogP contribution in [0.4, 0.5) is 10.5 Å². The van der Waals surface area contributed by atoms with E-state index in [9.17, 15) is 14.9 Å². The second kappa shape index (κ2) is 9.02. The fourth-order valence-corrected chi connectivity index (χ4v) is 2.51. The first-order chi connectivity index (χ1) is 10.4. The average molecular weight is 309 g/mol. The summed E-state index contributed by atoms with van der Waals surface area (Å²) in [5, 5.41) is 10.3. The SMILES string of the molecule is CC1CCCC(C)C1.COC(=O)Oc1ccc([N+](=O)[O-])cc1. The van der Waals surface area contributed by atoms with Gasteiger partial charge in [0.25, 0.3) is 5.69 Å². The van der Waals surface area contributed by atoms with Gasteiger partial charge in [0.15, 0.2) is 0 Å². The lowest BCUT2D eigenvalue weighted by molar-refractivity contribution is -0.384. The third kappa shape index (κ3) is 6.56. The highest BCUT2D eigenvalue weighted by atomic mass is 16.7. The summed E-state index contributed by atoms with van der Waals surface area (Å²) >= 11 is 0. The van der Waals surface area contributed by atoms with E-state index in [1.54, 1.807) is 0 Å². The van der Waals surface area contributed by atoms with Crippen molar-refractivity contribution in [3.05, 3.63) is 34.4 Å². The van der Waals surface area contributed by atoms with Gasteiger partial charge in [-0.3, -0.25) is 10.1 Å². The second-order valence-electron chi connectivity index (χ2n) is 5.68. The number of carbonyl (C=O) groups is 1. The van der Waals surface area contributed by atoms with E-state index < -0.39 is 11.1 Å². The first-order valence-electron chi connectivity index (χ1n) is 7.42. The molecule has 0 saturated heterocycles. The van der Waals surface area contributed by atoms with Crippen LogP contribution in [0, 0.1) is 22.0 Å². The average Bonchev–Trinajstić information content (AvgIpc) is 2.48. The van der Waals surface area contributed by atoms with E-state index in [1.165, 1.54) is 57.1 Å². The number of nitro benzene ring substituents is 1. The Balaban J connectivity index is 0.000000255. The van der Waals surface area contributed by atoms with Gasteiger partial charge in [-0.1, -0.05) is 33.1 Å². The molecule has 0 amide bonds. The van der Waals surface area contributed by atoms with Crippen molar-refractivity contribution in [2.24, 2.45) is 11.8 Å². The Kier molecular flexibility index (Phi) is 7.36. The highest BCUT2D eigenvalue weighted by Crippen LogP contribution is 2.27. The van der Waals surface area contributed by atoms with Crippen LogP contribution in [0.3, 0.4) is 0 Å². The molecule has 0 heterocycles. The van der Waals surface area contributed by atoms with E-state index in [1.807, 2.05) is 0 Å². The molecular formula is C16H23NO5. The van der Waals surface area contributed by atoms with Crippen molar-refractivity contribution in [3.63, 3.8) is 0 Å². The molecule has 122 valence electrons. The first-order valence-corrected chi connectivity index (χ1v) is 7.42. The molecule has 2 unspecified atom stereocenters. The Hall–Kier alpha value is -2.11. The van der Waals surface area contributed by atoms with E-state index in [2.05, 4.69) is 23.3 Å². The number of rotatable bonds is 2. The minimum absolute atomic E-state index is 0.0674. The molecule has 1 saturated carbocycles. The summed E-state index contributed by atoms with van der Waals surface area (Å²) in [6.07, 6.45) is 5.04. The van der Waals surface area contributed by atoms with E-state index >= 15 is 0 Å². The van der Waals surface area contributed by atoms with Gasteiger partial charge in [0, 0.05) is 12.1 Å². The Labute approximate surface area is 130 Å². The summed E-state index contributed by atoms with van der Waals surface area (Å²) in [6.45, 7) is 4.74. The molecule has 0 bridgehead atoms. The number of non-ortho nitro benzene ring substituents is 1. The van der Waals surface area contributed by atoms with Crippen molar-refractivity contribution < 1.29 is 19.2 Å². The van der Waals surface area contributed by atoms with E-state index in [0.717, 1.165) is 11.8 Å². The van der Waals surface area contributed by atoms with Crippen LogP contribution in [0.5, 0.6) is 5.75 Å². The molecule has 6 heteroatoms. The van der Waals surface area contributed by atoms with Gasteiger partial charge in [-0.15, -0.1) is 0 Å². The predicted octanol–water partition coefficient (Wildman–Crippen LogP) is 4.57. The summed E-state index contributed by atoms with van der Waals surface area (Å²) in [5.41, 5.74) is -0.0674. The normalized spacial score (nSPS) is 20.3. The largest absolute Gasteiger partial charge is 0.513 e. The highest BCUT2D eigenvalue weighted by molar-refractivity contribution is 5.63. The fraction of sp³-hybridized carbons (Fsp3) is 0.562. The Bertz CT molecular complexity index is 478. The third-order valence-electron chi connectivity index (χ3n) is 3.61. The maximum absolute atomic E-state index is 10.6. The molecule has 1 aliphatic carbocycles. The van der Waals surface area contributed by atoms with Gasteiger partial charge in [0.2, 0.25) is 0 Å². The van der Waals surface area contributed by atoms with Crippen LogP contribution < -0.4 is 4.74 Å². The van der Waals surface area contributed by atoms with Gasteiger partial charge >= 0.3 is 6.16 Å². The van der Waals surface area contributed by atoms with Crippen molar-refractivity contribution >= 4 is 11.8 Å². The molecule has 1 aromatic rings. The van der Waals surface area contributed by atoms with Crippen molar-refractivity contribution in [3.8, 4) is 5.75 Å². The molecule has 22 heavy (non-hydrogen) atoms. The number of nitro groups is 1. The van der Waals surface area contributed by atoms with Gasteiger partial charge < -0.3 is 9.47 Å². The topological polar surface area (TPSA) is 78.7 Å². The summed E-state index contributed by atoms with van der Waals surface area (Å²) in [5.74, 6) is 2.22. The number of hydrogen-bond acceptors (Lipinski definition) is 5. The van der Waals surface area contributed by atoms with E-state index in [4.69, 9.17) is 0 Å². The number of ether oxygens (including phenoxy) is 2. The van der Waals surface area contributed by atoms with Gasteiger partial charge in [0.1, 0.15) is 5.75 Å². The Morgan fingerprint density at radius 1 is 1.18 bits per heavy atom. The standard InChI is InChI=1S/C8H7NO5.C8H16/c1-13-8(10)14-7-4-2-6(3-5-7)9(11)12;1-7-4-3-5-8(2)6-7/h2-5H,1H3;7-8H,3-6H2,1-2H3. The summed E-state index contributed by atoms with van der Waals surface area (Å²) in [4.78, 5) is 20.3. The molecular weight excluding hydrogens is 286 g/mol. The Morgan fingerprint density at radius 3 is 2.09 bits per heavy atom. The lowest BCUT2D eigenvalue weighted by atomic mass is 9.84. The molecule has 0 aliphatic heterocycles. The molecule has 0 N–H and O–H groups in total. The van der Waals surface area contributed by atoms with Gasteiger partial charge in [-0.25, -0.2) is 4.79 Å². The minimum Gasteiger partial charge on any atom is -0.437 e. The molecule has 0 radical (unpaired) electrons. The van der Waals surface area contributed by atoms with Crippen LogP contribution >= 0.6 is 0 Å². The van der Waals surface area contributed by atoms with Crippen molar-refractivity contribution in [2.45, 2.75) is 39.5 Å². The van der Waals surface area contributed by atoms with Crippen molar-refractivity contribution in [1.29, 1.82) is 0 Å². The van der Waals surface area contributed by atoms with Crippen molar-refractivity contribution in [1.82, 2.24) is 0 Å². The first kappa shape index (κ1) is 17.9. The van der Waals surface area contributed by atoms with E-state index in [0.29, 0.717) is 0 Å². The predicted molar refractivity (Wildman–Crippen MR) is 82.9 cm³/mol.